The Morgan fingerprint density at radius 1 is 1.19 bits per heavy atom. The summed E-state index contributed by atoms with van der Waals surface area (Å²) in [6.45, 7) is 13.4. The Hall–Kier alpha value is -1.92. The van der Waals surface area contributed by atoms with Gasteiger partial charge in [0.05, 0.1) is 18.2 Å². The molecule has 176 valence electrons. The monoisotopic (exact) mass is 533 g/mol. The molecule has 0 saturated carbocycles. The van der Waals surface area contributed by atoms with Gasteiger partial charge in [0.1, 0.15) is 15.7 Å². The van der Waals surface area contributed by atoms with Crippen LogP contribution in [-0.4, -0.2) is 39.7 Å². The van der Waals surface area contributed by atoms with Crippen LogP contribution < -0.4 is 4.74 Å². The fourth-order valence-electron chi connectivity index (χ4n) is 2.88. The van der Waals surface area contributed by atoms with Gasteiger partial charge in [-0.1, -0.05) is 26.0 Å². The predicted molar refractivity (Wildman–Crippen MR) is 121 cm³/mol. The van der Waals surface area contributed by atoms with E-state index < -0.39 is 20.2 Å². The summed E-state index contributed by atoms with van der Waals surface area (Å²) in [6.07, 6.45) is -4.56. The molecule has 3 aromatic rings. The van der Waals surface area contributed by atoms with Crippen molar-refractivity contribution in [2.75, 3.05) is 6.61 Å². The van der Waals surface area contributed by atoms with E-state index in [1.165, 1.54) is 7.05 Å². The average Bonchev–Trinajstić information content (AvgIpc) is 3.18. The van der Waals surface area contributed by atoms with E-state index in [4.69, 9.17) is 9.16 Å². The topological polar surface area (TPSA) is 67.0 Å². The summed E-state index contributed by atoms with van der Waals surface area (Å²) in [5.41, 5.74) is 0.418. The Bertz CT molecular complexity index is 1120. The quantitative estimate of drug-likeness (QED) is 0.346. The molecule has 1 aromatic carbocycles. The van der Waals surface area contributed by atoms with Gasteiger partial charge in [-0.25, -0.2) is 4.68 Å². The molecular formula is C20H27BrF3N5O2Si. The molecule has 0 radical (unpaired) electrons. The maximum atomic E-state index is 13.2. The van der Waals surface area contributed by atoms with Gasteiger partial charge in [0.15, 0.2) is 14.0 Å². The van der Waals surface area contributed by atoms with Crippen LogP contribution in [0.15, 0.2) is 22.7 Å². The summed E-state index contributed by atoms with van der Waals surface area (Å²) in [5.74, 6) is 0.151. The number of aryl methyl sites for hydroxylation is 1. The molecule has 0 bridgehead atoms. The fourth-order valence-corrected chi connectivity index (χ4v) is 4.61. The van der Waals surface area contributed by atoms with E-state index in [-0.39, 0.29) is 21.4 Å². The number of rotatable bonds is 6. The number of hydrogen-bond acceptors (Lipinski definition) is 5. The highest BCUT2D eigenvalue weighted by atomic mass is 79.9. The van der Waals surface area contributed by atoms with Crippen LogP contribution in [0.3, 0.4) is 0 Å². The SMILES string of the molecule is CC(CO[Si](C)(C)C(C)(C)C)n1nnc2ccc(Oc3nn(C)c(C(F)(F)F)c3Br)cc21. The molecule has 0 saturated heterocycles. The fraction of sp³-hybridized carbons (Fsp3) is 0.550. The molecule has 0 aliphatic rings. The first-order valence-corrected chi connectivity index (χ1v) is 13.8. The van der Waals surface area contributed by atoms with Crippen molar-refractivity contribution in [2.45, 2.75) is 58.0 Å². The molecule has 0 aliphatic carbocycles. The Morgan fingerprint density at radius 3 is 2.41 bits per heavy atom. The summed E-state index contributed by atoms with van der Waals surface area (Å²) in [6, 6.07) is 4.92. The van der Waals surface area contributed by atoms with E-state index in [0.29, 0.717) is 23.4 Å². The second kappa shape index (κ2) is 8.45. The summed E-state index contributed by atoms with van der Waals surface area (Å²) >= 11 is 2.96. The van der Waals surface area contributed by atoms with Crippen LogP contribution in [0.25, 0.3) is 11.0 Å². The lowest BCUT2D eigenvalue weighted by molar-refractivity contribution is -0.144. The van der Waals surface area contributed by atoms with Gasteiger partial charge in [-0.15, -0.1) is 10.2 Å². The Morgan fingerprint density at radius 2 is 1.84 bits per heavy atom. The molecule has 32 heavy (non-hydrogen) atoms. The zero-order chi connectivity index (χ0) is 24.1. The number of alkyl halides is 3. The van der Waals surface area contributed by atoms with Crippen molar-refractivity contribution in [1.29, 1.82) is 0 Å². The molecule has 0 amide bonds. The van der Waals surface area contributed by atoms with E-state index in [1.54, 1.807) is 22.9 Å². The van der Waals surface area contributed by atoms with Crippen molar-refractivity contribution in [3.05, 3.63) is 28.4 Å². The standard InChI is InChI=1S/C20H27BrF3N5O2Si/c1-12(11-30-32(6,7)19(2,3)4)29-15-10-13(8-9-14(15)25-27-29)31-18-16(21)17(20(22,23)24)28(5)26-18/h8-10,12H,11H2,1-7H3. The van der Waals surface area contributed by atoms with Gasteiger partial charge >= 0.3 is 6.18 Å². The van der Waals surface area contributed by atoms with Crippen LogP contribution in [0, 0.1) is 0 Å². The highest BCUT2D eigenvalue weighted by Crippen LogP contribution is 2.41. The zero-order valence-corrected chi connectivity index (χ0v) is 21.7. The highest BCUT2D eigenvalue weighted by Gasteiger charge is 2.39. The van der Waals surface area contributed by atoms with Crippen LogP contribution in [0.2, 0.25) is 18.1 Å². The molecule has 1 unspecified atom stereocenters. The lowest BCUT2D eigenvalue weighted by atomic mass is 10.2. The minimum Gasteiger partial charge on any atom is -0.437 e. The average molecular weight is 534 g/mol. The van der Waals surface area contributed by atoms with E-state index in [2.05, 4.69) is 65.2 Å². The smallest absolute Gasteiger partial charge is 0.434 e. The van der Waals surface area contributed by atoms with Crippen LogP contribution in [-0.2, 0) is 17.6 Å². The van der Waals surface area contributed by atoms with E-state index >= 15 is 0 Å². The lowest BCUT2D eigenvalue weighted by Gasteiger charge is -2.36. The van der Waals surface area contributed by atoms with Crippen molar-refractivity contribution < 1.29 is 22.3 Å². The second-order valence-corrected chi connectivity index (χ2v) is 14.9. The molecular weight excluding hydrogens is 507 g/mol. The second-order valence-electron chi connectivity index (χ2n) is 9.30. The highest BCUT2D eigenvalue weighted by molar-refractivity contribution is 9.10. The van der Waals surface area contributed by atoms with Crippen molar-refractivity contribution in [1.82, 2.24) is 24.8 Å². The summed E-state index contributed by atoms with van der Waals surface area (Å²) in [4.78, 5) is 0. The van der Waals surface area contributed by atoms with Gasteiger partial charge in [0, 0.05) is 13.1 Å². The molecule has 0 aliphatic heterocycles. The van der Waals surface area contributed by atoms with Crippen molar-refractivity contribution >= 4 is 35.3 Å². The molecule has 0 N–H and O–H groups in total. The predicted octanol–water partition coefficient (Wildman–Crippen LogP) is 6.32. The van der Waals surface area contributed by atoms with Gasteiger partial charge < -0.3 is 9.16 Å². The largest absolute Gasteiger partial charge is 0.437 e. The number of hydrogen-bond donors (Lipinski definition) is 0. The first kappa shape index (κ1) is 24.7. The summed E-state index contributed by atoms with van der Waals surface area (Å²) in [5, 5.41) is 12.4. The Kier molecular flexibility index (Phi) is 6.53. The number of fused-ring (bicyclic) bond motifs is 1. The normalized spacial score (nSPS) is 14.2. The minimum atomic E-state index is -4.56. The van der Waals surface area contributed by atoms with Gasteiger partial charge in [-0.2, -0.15) is 13.2 Å². The van der Waals surface area contributed by atoms with Crippen LogP contribution in [0.4, 0.5) is 13.2 Å². The Balaban J connectivity index is 1.85. The Labute approximate surface area is 194 Å². The molecule has 0 fully saturated rings. The van der Waals surface area contributed by atoms with E-state index in [1.807, 2.05) is 6.92 Å². The molecule has 2 heterocycles. The lowest BCUT2D eigenvalue weighted by Crippen LogP contribution is -2.42. The molecule has 7 nitrogen and oxygen atoms in total. The van der Waals surface area contributed by atoms with Gasteiger partial charge in [-0.3, -0.25) is 4.68 Å². The molecule has 3 rings (SSSR count). The van der Waals surface area contributed by atoms with Crippen molar-refractivity contribution in [3.8, 4) is 11.6 Å². The third-order valence-corrected chi connectivity index (χ3v) is 11.0. The molecule has 1 atom stereocenters. The number of benzene rings is 1. The molecule has 0 spiro atoms. The maximum Gasteiger partial charge on any atom is 0.434 e. The number of halogens is 4. The van der Waals surface area contributed by atoms with Gasteiger partial charge in [-0.05, 0) is 53.1 Å². The molecule has 2 aromatic heterocycles. The van der Waals surface area contributed by atoms with E-state index in [0.717, 1.165) is 4.68 Å². The first-order chi connectivity index (χ1) is 14.6. The summed E-state index contributed by atoms with van der Waals surface area (Å²) < 4.78 is 53.9. The third kappa shape index (κ3) is 4.86. The number of nitrogens with zero attached hydrogens (tertiary/aromatic N) is 5. The minimum absolute atomic E-state index is 0.0868. The van der Waals surface area contributed by atoms with Gasteiger partial charge in [0.2, 0.25) is 0 Å². The van der Waals surface area contributed by atoms with Crippen LogP contribution in [0.1, 0.15) is 39.4 Å². The van der Waals surface area contributed by atoms with Crippen molar-refractivity contribution in [3.63, 3.8) is 0 Å². The van der Waals surface area contributed by atoms with E-state index in [9.17, 15) is 13.2 Å². The zero-order valence-electron chi connectivity index (χ0n) is 19.1. The number of aromatic nitrogens is 5. The third-order valence-electron chi connectivity index (χ3n) is 5.79. The maximum absolute atomic E-state index is 13.2. The first-order valence-electron chi connectivity index (χ1n) is 10.1. The summed E-state index contributed by atoms with van der Waals surface area (Å²) in [7, 11) is -0.713. The van der Waals surface area contributed by atoms with Crippen molar-refractivity contribution in [2.24, 2.45) is 7.05 Å². The molecule has 12 heteroatoms. The van der Waals surface area contributed by atoms with Crippen LogP contribution >= 0.6 is 15.9 Å². The van der Waals surface area contributed by atoms with Gasteiger partial charge in [0.25, 0.3) is 5.88 Å². The van der Waals surface area contributed by atoms with Crippen LogP contribution in [0.5, 0.6) is 11.6 Å². The number of ether oxygens (including phenoxy) is 1.